The van der Waals surface area contributed by atoms with Crippen LogP contribution >= 0.6 is 0 Å². The topological polar surface area (TPSA) is 101 Å². The Morgan fingerprint density at radius 3 is 2.30 bits per heavy atom. The Balaban J connectivity index is 2.23. The van der Waals surface area contributed by atoms with E-state index >= 15 is 0 Å². The van der Waals surface area contributed by atoms with Crippen molar-refractivity contribution in [2.24, 2.45) is 0 Å². The molecule has 0 radical (unpaired) electrons. The first-order valence-electron chi connectivity index (χ1n) is 15.3. The van der Waals surface area contributed by atoms with E-state index in [0.717, 1.165) is 5.57 Å². The van der Waals surface area contributed by atoms with Gasteiger partial charge in [-0.3, -0.25) is 9.69 Å². The molecule has 2 aliphatic heterocycles. The van der Waals surface area contributed by atoms with Crippen molar-refractivity contribution >= 4 is 37.9 Å². The van der Waals surface area contributed by atoms with E-state index in [1.165, 1.54) is 4.90 Å². The van der Waals surface area contributed by atoms with Crippen molar-refractivity contribution in [2.45, 2.75) is 130 Å². The van der Waals surface area contributed by atoms with E-state index in [9.17, 15) is 14.4 Å². The predicted molar refractivity (Wildman–Crippen MR) is 175 cm³/mol. The van der Waals surface area contributed by atoms with Crippen LogP contribution in [-0.4, -0.2) is 62.9 Å². The van der Waals surface area contributed by atoms with Crippen molar-refractivity contribution in [3.63, 3.8) is 0 Å². The van der Waals surface area contributed by atoms with Crippen LogP contribution in [0.4, 0.5) is 10.5 Å². The molecule has 1 amide bonds. The summed E-state index contributed by atoms with van der Waals surface area (Å²) in [5.41, 5.74) is 1.30. The second-order valence-corrected chi connectivity index (χ2v) is 19.4. The van der Waals surface area contributed by atoms with Crippen molar-refractivity contribution in [1.82, 2.24) is 0 Å². The Kier molecular flexibility index (Phi) is 10.3. The first-order valence-corrected chi connectivity index (χ1v) is 18.2. The molecule has 1 saturated heterocycles. The number of hydrogen-bond acceptors (Lipinski definition) is 8. The highest BCUT2D eigenvalue weighted by molar-refractivity contribution is 6.74. The molecule has 44 heavy (non-hydrogen) atoms. The van der Waals surface area contributed by atoms with Crippen molar-refractivity contribution in [1.29, 1.82) is 0 Å². The lowest BCUT2D eigenvalue weighted by molar-refractivity contribution is -0.154. The number of nitrogens with zero attached hydrogens (tertiary/aromatic N) is 1. The number of carbonyl (C=O) groups excluding carboxylic acids is 3. The average molecular weight is 630 g/mol. The number of allylic oxidation sites excluding steroid dienone is 1. The Labute approximate surface area is 264 Å². The summed E-state index contributed by atoms with van der Waals surface area (Å²) < 4.78 is 30.5. The quantitative estimate of drug-likeness (QED) is 0.189. The molecular formula is C34H51NO8Si. The van der Waals surface area contributed by atoms with Gasteiger partial charge in [-0.05, 0) is 90.2 Å². The largest absolute Gasteiger partial charge is 0.543 e. The molecule has 1 fully saturated rings. The van der Waals surface area contributed by atoms with Gasteiger partial charge in [0.15, 0.2) is 11.6 Å². The lowest BCUT2D eigenvalue weighted by Crippen LogP contribution is -2.44. The SMILES string of the molecule is CC1=CCC(=O)[C@@H]2OC(C)(C)O[C@H]2CC=Cc2cc(N(C)C(=O)OC(C)(C)C)cc(O[Si](C)(C)C(C)(C)C)c2C(=O)O[C@H]1C. The number of rotatable bonds is 3. The van der Waals surface area contributed by atoms with Gasteiger partial charge in [-0.25, -0.2) is 9.59 Å². The molecule has 0 aliphatic carbocycles. The van der Waals surface area contributed by atoms with E-state index in [4.69, 9.17) is 23.4 Å². The van der Waals surface area contributed by atoms with Crippen LogP contribution in [0.3, 0.4) is 0 Å². The first-order chi connectivity index (χ1) is 20.0. The molecule has 0 aromatic heterocycles. The number of anilines is 1. The Bertz CT molecular complexity index is 1330. The molecule has 0 bridgehead atoms. The third-order valence-electron chi connectivity index (χ3n) is 8.26. The Morgan fingerprint density at radius 1 is 1.07 bits per heavy atom. The molecule has 1 aromatic rings. The number of hydrogen-bond donors (Lipinski definition) is 0. The number of amides is 1. The Hall–Kier alpha value is -2.95. The van der Waals surface area contributed by atoms with Crippen molar-refractivity contribution in [2.75, 3.05) is 11.9 Å². The summed E-state index contributed by atoms with van der Waals surface area (Å²) >= 11 is 0. The van der Waals surface area contributed by atoms with Gasteiger partial charge in [0.2, 0.25) is 0 Å². The van der Waals surface area contributed by atoms with Crippen LogP contribution in [0.5, 0.6) is 5.75 Å². The summed E-state index contributed by atoms with van der Waals surface area (Å²) in [6.45, 7) is 23.1. The maximum atomic E-state index is 14.0. The number of cyclic esters (lactones) is 1. The number of Topliss-reactive ketones (excluding diaryl/α,β-unsaturated/α-hetero) is 1. The van der Waals surface area contributed by atoms with Gasteiger partial charge in [-0.15, -0.1) is 0 Å². The van der Waals surface area contributed by atoms with E-state index in [-0.39, 0.29) is 22.8 Å². The van der Waals surface area contributed by atoms with Crippen LogP contribution in [0.15, 0.2) is 29.9 Å². The highest BCUT2D eigenvalue weighted by Crippen LogP contribution is 2.41. The normalized spacial score (nSPS) is 23.1. The van der Waals surface area contributed by atoms with E-state index in [2.05, 4.69) is 33.9 Å². The molecular weight excluding hydrogens is 578 g/mol. The molecule has 0 saturated carbocycles. The second-order valence-electron chi connectivity index (χ2n) is 14.7. The number of carbonyl (C=O) groups is 3. The summed E-state index contributed by atoms with van der Waals surface area (Å²) in [5.74, 6) is -1.24. The first kappa shape index (κ1) is 35.5. The van der Waals surface area contributed by atoms with Crippen molar-refractivity contribution in [3.8, 4) is 5.75 Å². The van der Waals surface area contributed by atoms with E-state index in [1.807, 2.05) is 13.0 Å². The zero-order valence-electron chi connectivity index (χ0n) is 28.7. The number of benzene rings is 1. The van der Waals surface area contributed by atoms with Gasteiger partial charge in [0.25, 0.3) is 8.32 Å². The fourth-order valence-electron chi connectivity index (χ4n) is 4.58. The van der Waals surface area contributed by atoms with Gasteiger partial charge in [0.1, 0.15) is 29.1 Å². The van der Waals surface area contributed by atoms with Gasteiger partial charge < -0.3 is 23.4 Å². The molecule has 0 N–H and O–H groups in total. The molecule has 10 heteroatoms. The third kappa shape index (κ3) is 8.61. The summed E-state index contributed by atoms with van der Waals surface area (Å²) in [6.07, 6.45) is 3.52. The van der Waals surface area contributed by atoms with Crippen LogP contribution in [0.1, 0.15) is 98.0 Å². The average Bonchev–Trinajstić information content (AvgIpc) is 3.17. The minimum Gasteiger partial charge on any atom is -0.543 e. The molecule has 3 atom stereocenters. The van der Waals surface area contributed by atoms with Gasteiger partial charge in [-0.2, -0.15) is 0 Å². The molecule has 2 heterocycles. The van der Waals surface area contributed by atoms with Crippen LogP contribution in [0, 0.1) is 0 Å². The zero-order chi connectivity index (χ0) is 33.4. The van der Waals surface area contributed by atoms with Crippen LogP contribution in [-0.2, 0) is 23.7 Å². The fraction of sp³-hybridized carbons (Fsp3) is 0.618. The summed E-state index contributed by atoms with van der Waals surface area (Å²) in [5, 5.41) is -0.172. The monoisotopic (exact) mass is 629 g/mol. The van der Waals surface area contributed by atoms with E-state index < -0.39 is 50.1 Å². The summed E-state index contributed by atoms with van der Waals surface area (Å²) in [6, 6.07) is 3.45. The summed E-state index contributed by atoms with van der Waals surface area (Å²) in [7, 11) is -0.846. The molecule has 2 aliphatic rings. The van der Waals surface area contributed by atoms with Gasteiger partial charge in [0, 0.05) is 19.5 Å². The standard InChI is InChI=1S/C34H51NO8Si/c1-21-17-18-25(36)29-26(40-34(9,10)41-29)16-14-15-23-19-24(35(11)31(38)42-32(3,4)5)20-27(28(23)30(37)39-22(21)2)43-44(12,13)33(6,7)8/h14-15,17,19-20,22,26,29H,16,18H2,1-13H3/t22-,26-,29-/m0/s1. The van der Waals surface area contributed by atoms with Crippen LogP contribution in [0.25, 0.3) is 6.08 Å². The predicted octanol–water partition coefficient (Wildman–Crippen LogP) is 7.83. The maximum Gasteiger partial charge on any atom is 0.414 e. The number of fused-ring (bicyclic) bond motifs is 2. The zero-order valence-corrected chi connectivity index (χ0v) is 29.7. The molecule has 0 unspecified atom stereocenters. The minimum absolute atomic E-state index is 0.101. The van der Waals surface area contributed by atoms with Crippen LogP contribution in [0.2, 0.25) is 18.1 Å². The lowest BCUT2D eigenvalue weighted by Gasteiger charge is -2.37. The van der Waals surface area contributed by atoms with Gasteiger partial charge >= 0.3 is 12.1 Å². The van der Waals surface area contributed by atoms with Crippen molar-refractivity contribution in [3.05, 3.63) is 41.0 Å². The number of ether oxygens (including phenoxy) is 4. The third-order valence-corrected chi connectivity index (χ3v) is 12.6. The lowest BCUT2D eigenvalue weighted by atomic mass is 9.99. The maximum absolute atomic E-state index is 14.0. The summed E-state index contributed by atoms with van der Waals surface area (Å²) in [4.78, 5) is 41.6. The fourth-order valence-corrected chi connectivity index (χ4v) is 5.59. The molecule has 244 valence electrons. The van der Waals surface area contributed by atoms with E-state index in [0.29, 0.717) is 23.4 Å². The highest BCUT2D eigenvalue weighted by atomic mass is 28.4. The molecule has 1 aromatic carbocycles. The minimum atomic E-state index is -2.47. The van der Waals surface area contributed by atoms with Crippen LogP contribution < -0.4 is 9.33 Å². The second kappa shape index (κ2) is 12.8. The smallest absolute Gasteiger partial charge is 0.414 e. The van der Waals surface area contributed by atoms with Gasteiger partial charge in [0.05, 0.1) is 11.8 Å². The Morgan fingerprint density at radius 2 is 1.70 bits per heavy atom. The molecule has 0 spiro atoms. The van der Waals surface area contributed by atoms with Crippen molar-refractivity contribution < 1.29 is 37.8 Å². The van der Waals surface area contributed by atoms with Gasteiger partial charge in [-0.1, -0.05) is 39.0 Å². The van der Waals surface area contributed by atoms with E-state index in [1.54, 1.807) is 72.9 Å². The highest BCUT2D eigenvalue weighted by Gasteiger charge is 2.44. The molecule has 9 nitrogen and oxygen atoms in total. The number of ketones is 1. The molecule has 3 rings (SSSR count). The number of esters is 1.